The monoisotopic (exact) mass is 261 g/mol. The lowest BCUT2D eigenvalue weighted by Crippen LogP contribution is -2.48. The molecule has 1 amide bonds. The zero-order chi connectivity index (χ0) is 14.2. The van der Waals surface area contributed by atoms with E-state index in [1.807, 2.05) is 20.2 Å². The van der Waals surface area contributed by atoms with Crippen LogP contribution < -0.4 is 15.1 Å². The number of amides is 1. The fraction of sp³-hybridized carbons (Fsp3) is 0.533. The average molecular weight is 261 g/mol. The second kappa shape index (κ2) is 4.85. The molecule has 0 unspecified atom stereocenters. The molecule has 0 spiro atoms. The Balaban J connectivity index is 2.29. The van der Waals surface area contributed by atoms with E-state index in [-0.39, 0.29) is 11.4 Å². The Morgan fingerprint density at radius 2 is 2.11 bits per heavy atom. The van der Waals surface area contributed by atoms with E-state index in [0.717, 1.165) is 23.5 Å². The highest BCUT2D eigenvalue weighted by molar-refractivity contribution is 6.01. The predicted octanol–water partition coefficient (Wildman–Crippen LogP) is 1.64. The number of hydrogen-bond donors (Lipinski definition) is 1. The van der Waals surface area contributed by atoms with E-state index in [4.69, 9.17) is 0 Å². The Morgan fingerprint density at radius 3 is 2.74 bits per heavy atom. The summed E-state index contributed by atoms with van der Waals surface area (Å²) in [6.45, 7) is 5.31. The van der Waals surface area contributed by atoms with E-state index >= 15 is 0 Å². The molecule has 1 N–H and O–H groups in total. The number of likely N-dealkylation sites (N-methyl/N-ethyl adjacent to an activating group) is 3. The van der Waals surface area contributed by atoms with E-state index in [9.17, 15) is 4.79 Å². The molecule has 0 fully saturated rings. The summed E-state index contributed by atoms with van der Waals surface area (Å²) in [5.41, 5.74) is 3.34. The summed E-state index contributed by atoms with van der Waals surface area (Å²) >= 11 is 0. The van der Waals surface area contributed by atoms with Crippen LogP contribution in [0.25, 0.3) is 0 Å². The van der Waals surface area contributed by atoms with Crippen molar-refractivity contribution < 1.29 is 4.79 Å². The highest BCUT2D eigenvalue weighted by Gasteiger charge is 2.27. The molecular formula is C15H23N3O. The van der Waals surface area contributed by atoms with Crippen LogP contribution in [0.1, 0.15) is 19.4 Å². The Labute approximate surface area is 115 Å². The molecule has 19 heavy (non-hydrogen) atoms. The van der Waals surface area contributed by atoms with Crippen molar-refractivity contribution in [2.75, 3.05) is 37.5 Å². The van der Waals surface area contributed by atoms with Crippen molar-refractivity contribution in [3.8, 4) is 0 Å². The SMILES string of the molecule is CNCC(C)(C)N(C)c1ccc2c(c1)CC(=O)N2C. The number of carbonyl (C=O) groups excluding carboxylic acids is 1. The second-order valence-electron chi connectivity index (χ2n) is 5.84. The van der Waals surface area contributed by atoms with Gasteiger partial charge in [0.15, 0.2) is 0 Å². The molecule has 104 valence electrons. The van der Waals surface area contributed by atoms with Gasteiger partial charge in [0.05, 0.1) is 6.42 Å². The van der Waals surface area contributed by atoms with Gasteiger partial charge in [0, 0.05) is 37.6 Å². The van der Waals surface area contributed by atoms with Gasteiger partial charge >= 0.3 is 0 Å². The summed E-state index contributed by atoms with van der Waals surface area (Å²) in [5.74, 6) is 0.171. The molecule has 0 aromatic heterocycles. The summed E-state index contributed by atoms with van der Waals surface area (Å²) in [6.07, 6.45) is 0.514. The summed E-state index contributed by atoms with van der Waals surface area (Å²) in [4.78, 5) is 15.7. The molecule has 1 aliphatic heterocycles. The molecule has 0 radical (unpaired) electrons. The summed E-state index contributed by atoms with van der Waals surface area (Å²) in [6, 6.07) is 6.26. The van der Waals surface area contributed by atoms with Crippen molar-refractivity contribution in [1.82, 2.24) is 5.32 Å². The van der Waals surface area contributed by atoms with Crippen LogP contribution in [-0.2, 0) is 11.2 Å². The molecule has 1 heterocycles. The molecule has 1 aromatic carbocycles. The van der Waals surface area contributed by atoms with Gasteiger partial charge < -0.3 is 15.1 Å². The maximum atomic E-state index is 11.7. The van der Waals surface area contributed by atoms with Gasteiger partial charge in [-0.05, 0) is 44.7 Å². The van der Waals surface area contributed by atoms with Crippen LogP contribution in [0.2, 0.25) is 0 Å². The maximum Gasteiger partial charge on any atom is 0.231 e. The number of nitrogens with one attached hydrogen (secondary N) is 1. The molecule has 0 atom stereocenters. The lowest BCUT2D eigenvalue weighted by Gasteiger charge is -2.37. The van der Waals surface area contributed by atoms with E-state index in [1.54, 1.807) is 4.90 Å². The number of nitrogens with zero attached hydrogens (tertiary/aromatic N) is 2. The Bertz CT molecular complexity index is 496. The first kappa shape index (κ1) is 13.9. The average Bonchev–Trinajstić information content (AvgIpc) is 2.63. The van der Waals surface area contributed by atoms with E-state index < -0.39 is 0 Å². The zero-order valence-corrected chi connectivity index (χ0v) is 12.4. The number of anilines is 2. The minimum absolute atomic E-state index is 0.0253. The predicted molar refractivity (Wildman–Crippen MR) is 80.0 cm³/mol. The van der Waals surface area contributed by atoms with Gasteiger partial charge in [0.25, 0.3) is 0 Å². The standard InChI is InChI=1S/C15H23N3O/c1-15(2,10-16-3)18(5)12-6-7-13-11(8-12)9-14(19)17(13)4/h6-8,16H,9-10H2,1-5H3. The molecule has 0 saturated carbocycles. The van der Waals surface area contributed by atoms with Gasteiger partial charge in [-0.25, -0.2) is 0 Å². The van der Waals surface area contributed by atoms with Crippen molar-refractivity contribution in [2.45, 2.75) is 25.8 Å². The Kier molecular flexibility index (Phi) is 3.54. The molecule has 1 aliphatic rings. The molecule has 4 heteroatoms. The van der Waals surface area contributed by atoms with Crippen LogP contribution in [0.4, 0.5) is 11.4 Å². The van der Waals surface area contributed by atoms with Crippen LogP contribution >= 0.6 is 0 Å². The van der Waals surface area contributed by atoms with Crippen LogP contribution in [-0.4, -0.2) is 39.1 Å². The van der Waals surface area contributed by atoms with Crippen molar-refractivity contribution >= 4 is 17.3 Å². The Hall–Kier alpha value is -1.55. The lowest BCUT2D eigenvalue weighted by molar-refractivity contribution is -0.117. The van der Waals surface area contributed by atoms with E-state index in [2.05, 4.69) is 43.2 Å². The lowest BCUT2D eigenvalue weighted by atomic mass is 10.0. The third kappa shape index (κ3) is 2.45. The molecule has 0 bridgehead atoms. The van der Waals surface area contributed by atoms with Gasteiger partial charge in [-0.1, -0.05) is 0 Å². The third-order valence-electron chi connectivity index (χ3n) is 4.04. The normalized spacial score (nSPS) is 14.8. The van der Waals surface area contributed by atoms with Crippen molar-refractivity contribution in [2.24, 2.45) is 0 Å². The number of hydrogen-bond acceptors (Lipinski definition) is 3. The maximum absolute atomic E-state index is 11.7. The third-order valence-corrected chi connectivity index (χ3v) is 4.04. The quantitative estimate of drug-likeness (QED) is 0.895. The minimum Gasteiger partial charge on any atom is -0.368 e. The second-order valence-corrected chi connectivity index (χ2v) is 5.84. The number of rotatable bonds is 4. The zero-order valence-electron chi connectivity index (χ0n) is 12.4. The molecule has 1 aromatic rings. The molecule has 2 rings (SSSR count). The van der Waals surface area contributed by atoms with E-state index in [0.29, 0.717) is 6.42 Å². The fourth-order valence-corrected chi connectivity index (χ4v) is 2.57. The summed E-state index contributed by atoms with van der Waals surface area (Å²) < 4.78 is 0. The van der Waals surface area contributed by atoms with Gasteiger partial charge in [0.2, 0.25) is 5.91 Å². The van der Waals surface area contributed by atoms with Crippen LogP contribution in [0, 0.1) is 0 Å². The number of carbonyl (C=O) groups is 1. The largest absolute Gasteiger partial charge is 0.368 e. The smallest absolute Gasteiger partial charge is 0.231 e. The first-order chi connectivity index (χ1) is 8.86. The molecule has 4 nitrogen and oxygen atoms in total. The van der Waals surface area contributed by atoms with Gasteiger partial charge in [0.1, 0.15) is 0 Å². The first-order valence-corrected chi connectivity index (χ1v) is 6.65. The van der Waals surface area contributed by atoms with Crippen LogP contribution in [0.15, 0.2) is 18.2 Å². The highest BCUT2D eigenvalue weighted by atomic mass is 16.2. The highest BCUT2D eigenvalue weighted by Crippen LogP contribution is 2.32. The number of fused-ring (bicyclic) bond motifs is 1. The molecular weight excluding hydrogens is 238 g/mol. The van der Waals surface area contributed by atoms with Crippen molar-refractivity contribution in [1.29, 1.82) is 0 Å². The van der Waals surface area contributed by atoms with Gasteiger partial charge in [-0.3, -0.25) is 4.79 Å². The summed E-state index contributed by atoms with van der Waals surface area (Å²) in [7, 11) is 5.90. The Morgan fingerprint density at radius 1 is 1.42 bits per heavy atom. The minimum atomic E-state index is 0.0253. The van der Waals surface area contributed by atoms with Gasteiger partial charge in [-0.15, -0.1) is 0 Å². The van der Waals surface area contributed by atoms with Crippen molar-refractivity contribution in [3.05, 3.63) is 23.8 Å². The summed E-state index contributed by atoms with van der Waals surface area (Å²) in [5, 5.41) is 3.22. The van der Waals surface area contributed by atoms with Crippen molar-refractivity contribution in [3.63, 3.8) is 0 Å². The number of benzene rings is 1. The fourth-order valence-electron chi connectivity index (χ4n) is 2.57. The topological polar surface area (TPSA) is 35.6 Å². The van der Waals surface area contributed by atoms with Crippen LogP contribution in [0.3, 0.4) is 0 Å². The molecule has 0 saturated heterocycles. The van der Waals surface area contributed by atoms with Crippen LogP contribution in [0.5, 0.6) is 0 Å². The van der Waals surface area contributed by atoms with Gasteiger partial charge in [-0.2, -0.15) is 0 Å². The first-order valence-electron chi connectivity index (χ1n) is 6.65. The van der Waals surface area contributed by atoms with E-state index in [1.165, 1.54) is 0 Å². The molecule has 0 aliphatic carbocycles.